The first-order valence-electron chi connectivity index (χ1n) is 4.00. The summed E-state index contributed by atoms with van der Waals surface area (Å²) < 4.78 is 0. The number of amides is 1. The Bertz CT molecular complexity index is 220. The monoisotopic (exact) mass is 205 g/mol. The molecule has 14 heavy (non-hydrogen) atoms. The quantitative estimate of drug-likeness (QED) is 0.306. The molecule has 0 heterocycles. The maximum Gasteiger partial charge on any atom is 0.252 e. The zero-order valence-corrected chi connectivity index (χ0v) is 7.63. The Hall–Kier alpha value is -0.950. The standard InChI is InChI=1S/C8H15NO5/c1-2-3-8(14,7(9)13)6(12)5(11)4-10/h2,5-6,10-12,14H,1,3-4H2,(H2,9,13). The Balaban J connectivity index is 4.80. The van der Waals surface area contributed by atoms with E-state index in [-0.39, 0.29) is 6.42 Å². The maximum atomic E-state index is 10.8. The Morgan fingerprint density at radius 2 is 2.07 bits per heavy atom. The van der Waals surface area contributed by atoms with Crippen molar-refractivity contribution < 1.29 is 25.2 Å². The topological polar surface area (TPSA) is 124 Å². The average molecular weight is 205 g/mol. The van der Waals surface area contributed by atoms with Crippen molar-refractivity contribution in [1.82, 2.24) is 0 Å². The zero-order valence-electron chi connectivity index (χ0n) is 7.63. The molecule has 0 aromatic rings. The van der Waals surface area contributed by atoms with Crippen molar-refractivity contribution in [3.05, 3.63) is 12.7 Å². The lowest BCUT2D eigenvalue weighted by molar-refractivity contribution is -0.163. The van der Waals surface area contributed by atoms with E-state index in [0.29, 0.717) is 0 Å². The van der Waals surface area contributed by atoms with Crippen molar-refractivity contribution in [3.63, 3.8) is 0 Å². The molecule has 0 radical (unpaired) electrons. The summed E-state index contributed by atoms with van der Waals surface area (Å²) in [6.45, 7) is 2.49. The molecule has 3 atom stereocenters. The van der Waals surface area contributed by atoms with Gasteiger partial charge in [0, 0.05) is 6.42 Å². The van der Waals surface area contributed by atoms with Gasteiger partial charge in [0.2, 0.25) is 0 Å². The van der Waals surface area contributed by atoms with Gasteiger partial charge in [-0.15, -0.1) is 6.58 Å². The van der Waals surface area contributed by atoms with E-state index in [2.05, 4.69) is 6.58 Å². The van der Waals surface area contributed by atoms with Crippen molar-refractivity contribution in [1.29, 1.82) is 0 Å². The van der Waals surface area contributed by atoms with E-state index >= 15 is 0 Å². The van der Waals surface area contributed by atoms with Crippen molar-refractivity contribution in [2.45, 2.75) is 24.2 Å². The van der Waals surface area contributed by atoms with Crippen LogP contribution in [0.4, 0.5) is 0 Å². The van der Waals surface area contributed by atoms with Gasteiger partial charge in [-0.1, -0.05) is 6.08 Å². The fourth-order valence-electron chi connectivity index (χ4n) is 1.01. The summed E-state index contributed by atoms with van der Waals surface area (Å²) in [5, 5.41) is 36.5. The summed E-state index contributed by atoms with van der Waals surface area (Å²) in [6.07, 6.45) is -2.60. The summed E-state index contributed by atoms with van der Waals surface area (Å²) in [5.74, 6) is -1.18. The van der Waals surface area contributed by atoms with Crippen LogP contribution in [0.15, 0.2) is 12.7 Å². The van der Waals surface area contributed by atoms with Crippen LogP contribution in [0.1, 0.15) is 6.42 Å². The molecule has 0 fully saturated rings. The number of carbonyl (C=O) groups is 1. The number of rotatable bonds is 6. The summed E-state index contributed by atoms with van der Waals surface area (Å²) in [4.78, 5) is 10.8. The van der Waals surface area contributed by atoms with Crippen LogP contribution in [-0.4, -0.2) is 50.7 Å². The highest BCUT2D eigenvalue weighted by Gasteiger charge is 2.44. The molecule has 0 aromatic carbocycles. The van der Waals surface area contributed by atoms with Crippen molar-refractivity contribution in [3.8, 4) is 0 Å². The van der Waals surface area contributed by atoms with E-state index in [9.17, 15) is 15.0 Å². The van der Waals surface area contributed by atoms with E-state index in [1.807, 2.05) is 0 Å². The van der Waals surface area contributed by atoms with Gasteiger partial charge in [0.25, 0.3) is 5.91 Å². The molecule has 0 saturated carbocycles. The van der Waals surface area contributed by atoms with Crippen LogP contribution < -0.4 is 5.73 Å². The molecule has 1 amide bonds. The SMILES string of the molecule is C=CCC(O)(C(N)=O)C(O)C(O)CO. The van der Waals surface area contributed by atoms with Gasteiger partial charge in [0.15, 0.2) is 5.60 Å². The van der Waals surface area contributed by atoms with E-state index in [0.717, 1.165) is 0 Å². The highest BCUT2D eigenvalue weighted by molar-refractivity contribution is 5.84. The van der Waals surface area contributed by atoms with Crippen LogP contribution in [0.3, 0.4) is 0 Å². The minimum absolute atomic E-state index is 0.305. The van der Waals surface area contributed by atoms with E-state index < -0.39 is 30.3 Å². The first-order valence-corrected chi connectivity index (χ1v) is 4.00. The molecule has 0 saturated heterocycles. The van der Waals surface area contributed by atoms with Crippen LogP contribution in [-0.2, 0) is 4.79 Å². The van der Waals surface area contributed by atoms with E-state index in [1.165, 1.54) is 6.08 Å². The molecule has 0 aliphatic heterocycles. The van der Waals surface area contributed by atoms with Crippen LogP contribution in [0.5, 0.6) is 0 Å². The molecule has 82 valence electrons. The fourth-order valence-corrected chi connectivity index (χ4v) is 1.01. The molecule has 0 rings (SSSR count). The molecular formula is C8H15NO5. The second kappa shape index (κ2) is 5.06. The van der Waals surface area contributed by atoms with Crippen molar-refractivity contribution in [2.75, 3.05) is 6.61 Å². The zero-order chi connectivity index (χ0) is 11.4. The van der Waals surface area contributed by atoms with Gasteiger partial charge in [-0.3, -0.25) is 4.79 Å². The third kappa shape index (κ3) is 2.52. The van der Waals surface area contributed by atoms with Gasteiger partial charge in [-0.2, -0.15) is 0 Å². The first kappa shape index (κ1) is 13.1. The van der Waals surface area contributed by atoms with Crippen LogP contribution in [0, 0.1) is 0 Å². The molecule has 6 heteroatoms. The number of carbonyl (C=O) groups excluding carboxylic acids is 1. The second-order valence-corrected chi connectivity index (χ2v) is 2.98. The summed E-state index contributed by atoms with van der Waals surface area (Å²) in [5.41, 5.74) is 2.56. The number of hydrogen-bond donors (Lipinski definition) is 5. The second-order valence-electron chi connectivity index (χ2n) is 2.98. The molecule has 0 aromatic heterocycles. The lowest BCUT2D eigenvalue weighted by Crippen LogP contribution is -2.57. The van der Waals surface area contributed by atoms with Gasteiger partial charge in [-0.05, 0) is 0 Å². The van der Waals surface area contributed by atoms with Gasteiger partial charge in [0.1, 0.15) is 12.2 Å². The third-order valence-corrected chi connectivity index (χ3v) is 1.92. The number of aliphatic hydroxyl groups is 4. The molecule has 0 aliphatic carbocycles. The molecule has 6 nitrogen and oxygen atoms in total. The van der Waals surface area contributed by atoms with Gasteiger partial charge < -0.3 is 26.2 Å². The predicted molar refractivity (Wildman–Crippen MR) is 48.1 cm³/mol. The van der Waals surface area contributed by atoms with Crippen LogP contribution >= 0.6 is 0 Å². The van der Waals surface area contributed by atoms with Crippen molar-refractivity contribution >= 4 is 5.91 Å². The maximum absolute atomic E-state index is 10.8. The molecular weight excluding hydrogens is 190 g/mol. The van der Waals surface area contributed by atoms with Crippen LogP contribution in [0.2, 0.25) is 0 Å². The fraction of sp³-hybridized carbons (Fsp3) is 0.625. The molecule has 6 N–H and O–H groups in total. The molecule has 0 aliphatic rings. The Morgan fingerprint density at radius 3 is 2.36 bits per heavy atom. The Kier molecular flexibility index (Phi) is 4.72. The molecule has 3 unspecified atom stereocenters. The van der Waals surface area contributed by atoms with E-state index in [1.54, 1.807) is 0 Å². The summed E-state index contributed by atoms with van der Waals surface area (Å²) in [7, 11) is 0. The van der Waals surface area contributed by atoms with Gasteiger partial charge in [0.05, 0.1) is 6.61 Å². The lowest BCUT2D eigenvalue weighted by Gasteiger charge is -2.31. The average Bonchev–Trinajstić information content (AvgIpc) is 2.15. The summed E-state index contributed by atoms with van der Waals surface area (Å²) >= 11 is 0. The normalized spacial score (nSPS) is 19.4. The van der Waals surface area contributed by atoms with Gasteiger partial charge in [-0.25, -0.2) is 0 Å². The van der Waals surface area contributed by atoms with Gasteiger partial charge >= 0.3 is 0 Å². The smallest absolute Gasteiger partial charge is 0.252 e. The molecule has 0 bridgehead atoms. The number of hydrogen-bond acceptors (Lipinski definition) is 5. The molecule has 0 spiro atoms. The predicted octanol–water partition coefficient (Wildman–Crippen LogP) is -2.51. The van der Waals surface area contributed by atoms with Crippen LogP contribution in [0.25, 0.3) is 0 Å². The van der Waals surface area contributed by atoms with E-state index in [4.69, 9.17) is 15.9 Å². The number of nitrogens with two attached hydrogens (primary N) is 1. The largest absolute Gasteiger partial charge is 0.394 e. The minimum Gasteiger partial charge on any atom is -0.394 e. The highest BCUT2D eigenvalue weighted by atomic mass is 16.4. The highest BCUT2D eigenvalue weighted by Crippen LogP contribution is 2.18. The summed E-state index contributed by atoms with van der Waals surface area (Å²) in [6, 6.07) is 0. The third-order valence-electron chi connectivity index (χ3n) is 1.92. The first-order chi connectivity index (χ1) is 6.40. The van der Waals surface area contributed by atoms with Crippen molar-refractivity contribution in [2.24, 2.45) is 5.73 Å². The Morgan fingerprint density at radius 1 is 1.57 bits per heavy atom. The lowest BCUT2D eigenvalue weighted by atomic mass is 9.89. The minimum atomic E-state index is -2.30. The number of primary amides is 1. The number of aliphatic hydroxyl groups excluding tert-OH is 3. The Labute approximate surface area is 81.3 Å².